The van der Waals surface area contributed by atoms with Gasteiger partial charge in [-0.2, -0.15) is 0 Å². The molecule has 0 saturated carbocycles. The van der Waals surface area contributed by atoms with E-state index in [0.29, 0.717) is 5.69 Å². The normalized spacial score (nSPS) is 12.6. The van der Waals surface area contributed by atoms with Crippen LogP contribution in [0.15, 0.2) is 22.7 Å². The van der Waals surface area contributed by atoms with E-state index in [1.165, 1.54) is 12.8 Å². The van der Waals surface area contributed by atoms with Crippen molar-refractivity contribution in [2.45, 2.75) is 39.2 Å². The molecule has 0 radical (unpaired) electrons. The Kier molecular flexibility index (Phi) is 4.52. The number of benzene rings is 1. The number of hydrogen-bond donors (Lipinski definition) is 1. The molecule has 5 nitrogen and oxygen atoms in total. The first-order valence-electron chi connectivity index (χ1n) is 6.46. The lowest BCUT2D eigenvalue weighted by Crippen LogP contribution is -2.09. The van der Waals surface area contributed by atoms with E-state index in [0.717, 1.165) is 22.3 Å². The quantitative estimate of drug-likeness (QED) is 0.856. The minimum Gasteiger partial charge on any atom is -0.399 e. The van der Waals surface area contributed by atoms with E-state index in [9.17, 15) is 0 Å². The molecule has 2 N–H and O–H groups in total. The zero-order valence-electron chi connectivity index (χ0n) is 11.2. The Morgan fingerprint density at radius 2 is 2.21 bits per heavy atom. The summed E-state index contributed by atoms with van der Waals surface area (Å²) in [7, 11) is 0. The number of nitrogens with zero attached hydrogens (tertiary/aromatic N) is 4. The van der Waals surface area contributed by atoms with E-state index >= 15 is 0 Å². The van der Waals surface area contributed by atoms with Crippen molar-refractivity contribution in [1.29, 1.82) is 0 Å². The third-order valence-corrected chi connectivity index (χ3v) is 3.81. The fourth-order valence-electron chi connectivity index (χ4n) is 2.00. The van der Waals surface area contributed by atoms with Crippen LogP contribution < -0.4 is 5.73 Å². The predicted octanol–water partition coefficient (Wildman–Crippen LogP) is 3.44. The van der Waals surface area contributed by atoms with Crippen LogP contribution in [-0.2, 0) is 0 Å². The molecule has 0 fully saturated rings. The standard InChI is InChI=1S/C13H18BrN5/c1-3-4-5-9(2)19-13(16-17-18-19)11-8-10(15)6-7-12(11)14/h6-9H,3-5,15H2,1-2H3. The molecule has 1 heterocycles. The van der Waals surface area contributed by atoms with Crippen molar-refractivity contribution in [2.24, 2.45) is 0 Å². The van der Waals surface area contributed by atoms with Crippen LogP contribution in [0.2, 0.25) is 0 Å². The van der Waals surface area contributed by atoms with Gasteiger partial charge in [-0.1, -0.05) is 35.7 Å². The van der Waals surface area contributed by atoms with Crippen molar-refractivity contribution in [3.8, 4) is 11.4 Å². The molecular weight excluding hydrogens is 306 g/mol. The summed E-state index contributed by atoms with van der Waals surface area (Å²) in [6.45, 7) is 4.32. The van der Waals surface area contributed by atoms with Gasteiger partial charge in [-0.25, -0.2) is 4.68 Å². The minimum atomic E-state index is 0.276. The molecule has 0 aliphatic heterocycles. The molecule has 0 spiro atoms. The summed E-state index contributed by atoms with van der Waals surface area (Å²) in [5, 5.41) is 12.0. The van der Waals surface area contributed by atoms with Crippen molar-refractivity contribution < 1.29 is 0 Å². The zero-order valence-corrected chi connectivity index (χ0v) is 12.8. The molecule has 2 rings (SSSR count). The molecule has 0 amide bonds. The van der Waals surface area contributed by atoms with Crippen LogP contribution in [0.1, 0.15) is 39.2 Å². The van der Waals surface area contributed by atoms with Crippen LogP contribution >= 0.6 is 15.9 Å². The number of tetrazole rings is 1. The Balaban J connectivity index is 2.35. The Labute approximate surface area is 121 Å². The van der Waals surface area contributed by atoms with Crippen LogP contribution in [-0.4, -0.2) is 20.2 Å². The highest BCUT2D eigenvalue weighted by atomic mass is 79.9. The molecule has 0 bridgehead atoms. The maximum atomic E-state index is 5.84. The van der Waals surface area contributed by atoms with Crippen LogP contribution in [0.4, 0.5) is 5.69 Å². The van der Waals surface area contributed by atoms with Crippen LogP contribution in [0, 0.1) is 0 Å². The predicted molar refractivity (Wildman–Crippen MR) is 79.6 cm³/mol. The highest BCUT2D eigenvalue weighted by molar-refractivity contribution is 9.10. The van der Waals surface area contributed by atoms with Gasteiger partial charge in [-0.15, -0.1) is 5.10 Å². The number of aromatic nitrogens is 4. The van der Waals surface area contributed by atoms with Gasteiger partial charge in [0.05, 0.1) is 6.04 Å². The van der Waals surface area contributed by atoms with E-state index in [4.69, 9.17) is 5.73 Å². The van der Waals surface area contributed by atoms with E-state index in [2.05, 4.69) is 45.3 Å². The minimum absolute atomic E-state index is 0.276. The summed E-state index contributed by atoms with van der Waals surface area (Å²) in [5.41, 5.74) is 7.47. The van der Waals surface area contributed by atoms with Crippen molar-refractivity contribution in [2.75, 3.05) is 5.73 Å². The summed E-state index contributed by atoms with van der Waals surface area (Å²) in [4.78, 5) is 0. The summed E-state index contributed by atoms with van der Waals surface area (Å²) < 4.78 is 2.82. The SMILES string of the molecule is CCCCC(C)n1nnnc1-c1cc(N)ccc1Br. The van der Waals surface area contributed by atoms with Gasteiger partial charge in [0, 0.05) is 15.7 Å². The molecule has 0 aliphatic carbocycles. The number of rotatable bonds is 5. The number of unbranched alkanes of at least 4 members (excludes halogenated alkanes) is 1. The lowest BCUT2D eigenvalue weighted by atomic mass is 10.1. The molecule has 0 saturated heterocycles. The molecule has 1 aromatic carbocycles. The molecule has 6 heteroatoms. The molecule has 19 heavy (non-hydrogen) atoms. The first-order chi connectivity index (χ1) is 9.13. The summed E-state index contributed by atoms with van der Waals surface area (Å²) >= 11 is 3.52. The van der Waals surface area contributed by atoms with Crippen LogP contribution in [0.3, 0.4) is 0 Å². The molecule has 102 valence electrons. The Hall–Kier alpha value is -1.43. The first kappa shape index (κ1) is 14.0. The molecular formula is C13H18BrN5. The molecule has 1 atom stereocenters. The van der Waals surface area contributed by atoms with Crippen LogP contribution in [0.5, 0.6) is 0 Å². The number of halogens is 1. The van der Waals surface area contributed by atoms with Gasteiger partial charge in [0.25, 0.3) is 0 Å². The number of anilines is 1. The lowest BCUT2D eigenvalue weighted by Gasteiger charge is -2.13. The first-order valence-corrected chi connectivity index (χ1v) is 7.26. The van der Waals surface area contributed by atoms with E-state index in [1.807, 2.05) is 22.9 Å². The van der Waals surface area contributed by atoms with Crippen LogP contribution in [0.25, 0.3) is 11.4 Å². The maximum Gasteiger partial charge on any atom is 0.183 e. The molecule has 0 aliphatic rings. The number of nitrogens with two attached hydrogens (primary N) is 1. The van der Waals surface area contributed by atoms with Crippen molar-refractivity contribution in [3.63, 3.8) is 0 Å². The second-order valence-corrected chi connectivity index (χ2v) is 5.53. The van der Waals surface area contributed by atoms with Gasteiger partial charge in [0.15, 0.2) is 5.82 Å². The topological polar surface area (TPSA) is 69.6 Å². The van der Waals surface area contributed by atoms with E-state index < -0.39 is 0 Å². The van der Waals surface area contributed by atoms with E-state index in [-0.39, 0.29) is 6.04 Å². The van der Waals surface area contributed by atoms with Gasteiger partial charge < -0.3 is 5.73 Å². The molecule has 1 aromatic heterocycles. The summed E-state index contributed by atoms with van der Waals surface area (Å²) in [6.07, 6.45) is 3.40. The number of hydrogen-bond acceptors (Lipinski definition) is 4. The lowest BCUT2D eigenvalue weighted by molar-refractivity contribution is 0.437. The monoisotopic (exact) mass is 323 g/mol. The van der Waals surface area contributed by atoms with Gasteiger partial charge >= 0.3 is 0 Å². The second kappa shape index (κ2) is 6.14. The van der Waals surface area contributed by atoms with Gasteiger partial charge in [-0.3, -0.25) is 0 Å². The Morgan fingerprint density at radius 1 is 1.42 bits per heavy atom. The Bertz CT molecular complexity index is 552. The zero-order chi connectivity index (χ0) is 13.8. The maximum absolute atomic E-state index is 5.84. The highest BCUT2D eigenvalue weighted by Crippen LogP contribution is 2.30. The van der Waals surface area contributed by atoms with E-state index in [1.54, 1.807) is 0 Å². The fraction of sp³-hybridized carbons (Fsp3) is 0.462. The van der Waals surface area contributed by atoms with Crippen molar-refractivity contribution in [3.05, 3.63) is 22.7 Å². The summed E-state index contributed by atoms with van der Waals surface area (Å²) in [5.74, 6) is 0.753. The molecule has 1 unspecified atom stereocenters. The average molecular weight is 324 g/mol. The largest absolute Gasteiger partial charge is 0.399 e. The molecule has 2 aromatic rings. The highest BCUT2D eigenvalue weighted by Gasteiger charge is 2.16. The average Bonchev–Trinajstić information content (AvgIpc) is 2.88. The Morgan fingerprint density at radius 3 is 2.95 bits per heavy atom. The smallest absolute Gasteiger partial charge is 0.183 e. The van der Waals surface area contributed by atoms with Crippen molar-refractivity contribution >= 4 is 21.6 Å². The fourth-order valence-corrected chi connectivity index (χ4v) is 2.43. The second-order valence-electron chi connectivity index (χ2n) is 4.68. The van der Waals surface area contributed by atoms with Gasteiger partial charge in [0.1, 0.15) is 0 Å². The summed E-state index contributed by atoms with van der Waals surface area (Å²) in [6, 6.07) is 5.93. The third kappa shape index (κ3) is 3.12. The van der Waals surface area contributed by atoms with Gasteiger partial charge in [-0.05, 0) is 42.0 Å². The van der Waals surface area contributed by atoms with Gasteiger partial charge in [0.2, 0.25) is 0 Å². The third-order valence-electron chi connectivity index (χ3n) is 3.12. The van der Waals surface area contributed by atoms with Crippen molar-refractivity contribution in [1.82, 2.24) is 20.2 Å². The number of nitrogen functional groups attached to an aromatic ring is 1.